The summed E-state index contributed by atoms with van der Waals surface area (Å²) in [6.07, 6.45) is 3.35. The molecule has 0 aliphatic carbocycles. The lowest BCUT2D eigenvalue weighted by Gasteiger charge is -2.38. The zero-order chi connectivity index (χ0) is 20.7. The summed E-state index contributed by atoms with van der Waals surface area (Å²) >= 11 is 0. The Morgan fingerprint density at radius 2 is 2.03 bits per heavy atom. The Hall–Kier alpha value is -3.52. The van der Waals surface area contributed by atoms with Crippen molar-refractivity contribution < 1.29 is 13.6 Å². The number of furan rings is 1. The number of halogens is 1. The molecule has 4 heterocycles. The van der Waals surface area contributed by atoms with Gasteiger partial charge in [0.2, 0.25) is 0 Å². The molecule has 4 aromatic rings. The van der Waals surface area contributed by atoms with Gasteiger partial charge in [0.05, 0.1) is 17.8 Å². The molecule has 1 fully saturated rings. The Morgan fingerprint density at radius 3 is 2.83 bits per heavy atom. The van der Waals surface area contributed by atoms with Crippen molar-refractivity contribution in [2.45, 2.75) is 6.04 Å². The number of aromatic nitrogens is 3. The van der Waals surface area contributed by atoms with Crippen LogP contribution < -0.4 is 0 Å². The van der Waals surface area contributed by atoms with E-state index in [1.807, 2.05) is 31.4 Å². The molecule has 3 aromatic heterocycles. The quantitative estimate of drug-likeness (QED) is 0.523. The van der Waals surface area contributed by atoms with E-state index in [9.17, 15) is 9.18 Å². The second-order valence-electron chi connectivity index (χ2n) is 7.46. The van der Waals surface area contributed by atoms with Crippen molar-refractivity contribution in [1.82, 2.24) is 24.6 Å². The molecule has 0 saturated carbocycles. The molecule has 8 heteroatoms. The van der Waals surface area contributed by atoms with Crippen LogP contribution in [0.1, 0.15) is 22.3 Å². The summed E-state index contributed by atoms with van der Waals surface area (Å²) in [4.78, 5) is 16.7. The summed E-state index contributed by atoms with van der Waals surface area (Å²) in [5.41, 5.74) is 3.29. The lowest BCUT2D eigenvalue weighted by molar-refractivity contribution is 0.0513. The van der Waals surface area contributed by atoms with Crippen molar-refractivity contribution in [3.63, 3.8) is 0 Å². The van der Waals surface area contributed by atoms with Crippen LogP contribution in [0, 0.1) is 5.82 Å². The van der Waals surface area contributed by atoms with Crippen molar-refractivity contribution in [1.29, 1.82) is 0 Å². The average Bonchev–Trinajstić information content (AvgIpc) is 3.43. The van der Waals surface area contributed by atoms with Crippen LogP contribution in [0.5, 0.6) is 0 Å². The fraction of sp³-hybridized carbons (Fsp3) is 0.227. The number of hydrogen-bond donors (Lipinski definition) is 0. The Labute approximate surface area is 172 Å². The average molecular weight is 405 g/mol. The maximum absolute atomic E-state index is 13.6. The van der Waals surface area contributed by atoms with Gasteiger partial charge in [-0.1, -0.05) is 23.4 Å². The lowest BCUT2D eigenvalue weighted by atomic mass is 10.1. The third-order valence-corrected chi connectivity index (χ3v) is 5.58. The van der Waals surface area contributed by atoms with E-state index in [-0.39, 0.29) is 17.8 Å². The van der Waals surface area contributed by atoms with Gasteiger partial charge in [-0.3, -0.25) is 9.69 Å². The minimum atomic E-state index is -0.281. The smallest absolute Gasteiger partial charge is 0.289 e. The Kier molecular flexibility index (Phi) is 4.55. The van der Waals surface area contributed by atoms with E-state index >= 15 is 0 Å². The van der Waals surface area contributed by atoms with Crippen molar-refractivity contribution in [2.24, 2.45) is 0 Å². The van der Waals surface area contributed by atoms with Gasteiger partial charge in [0, 0.05) is 31.4 Å². The predicted molar refractivity (Wildman–Crippen MR) is 108 cm³/mol. The Bertz CT molecular complexity index is 1200. The van der Waals surface area contributed by atoms with Crippen LogP contribution in [0.4, 0.5) is 4.39 Å². The molecule has 1 saturated heterocycles. The highest BCUT2D eigenvalue weighted by atomic mass is 19.1. The number of carbonyl (C=O) groups is 1. The van der Waals surface area contributed by atoms with Crippen LogP contribution in [0.2, 0.25) is 0 Å². The van der Waals surface area contributed by atoms with Gasteiger partial charge < -0.3 is 9.32 Å². The molecule has 0 radical (unpaired) electrons. The number of nitrogens with zero attached hydrogens (tertiary/aromatic N) is 5. The molecule has 1 amide bonds. The monoisotopic (exact) mass is 405 g/mol. The number of hydrogen-bond acceptors (Lipinski definition) is 5. The third kappa shape index (κ3) is 3.25. The van der Waals surface area contributed by atoms with Crippen LogP contribution in [-0.4, -0.2) is 57.2 Å². The number of piperazine rings is 1. The molecular weight excluding hydrogens is 385 g/mol. The number of amides is 1. The van der Waals surface area contributed by atoms with Crippen LogP contribution in [0.25, 0.3) is 16.6 Å². The maximum atomic E-state index is 13.6. The topological polar surface area (TPSA) is 66.9 Å². The molecular formula is C22H20FN5O2. The summed E-state index contributed by atoms with van der Waals surface area (Å²) in [7, 11) is 2.02. The number of likely N-dealkylation sites (N-methyl/N-ethyl adjacent to an activating group) is 1. The molecule has 0 N–H and O–H groups in total. The highest BCUT2D eigenvalue weighted by molar-refractivity contribution is 5.91. The predicted octanol–water partition coefficient (Wildman–Crippen LogP) is 3.26. The number of rotatable bonds is 3. The Morgan fingerprint density at radius 1 is 1.13 bits per heavy atom. The van der Waals surface area contributed by atoms with E-state index in [4.69, 9.17) is 4.42 Å². The number of carbonyl (C=O) groups excluding carboxylic acids is 1. The van der Waals surface area contributed by atoms with Crippen molar-refractivity contribution >= 4 is 11.4 Å². The zero-order valence-corrected chi connectivity index (χ0v) is 16.4. The van der Waals surface area contributed by atoms with Gasteiger partial charge in [0.1, 0.15) is 11.5 Å². The molecule has 1 atom stereocenters. The first-order valence-electron chi connectivity index (χ1n) is 9.74. The molecule has 152 valence electrons. The van der Waals surface area contributed by atoms with Gasteiger partial charge in [0.15, 0.2) is 5.76 Å². The van der Waals surface area contributed by atoms with Gasteiger partial charge in [-0.15, -0.1) is 5.10 Å². The molecule has 7 nitrogen and oxygen atoms in total. The van der Waals surface area contributed by atoms with Crippen LogP contribution in [-0.2, 0) is 0 Å². The standard InChI is InChI=1S/C22H20FN5O2/c1-26-9-10-27(22(29)20-6-3-11-30-20)14-19(26)21-18-8-7-16(13-28(18)25-24-21)15-4-2-5-17(23)12-15/h2-8,11-13,19H,9-10,14H2,1H3. The van der Waals surface area contributed by atoms with Crippen molar-refractivity contribution in [3.8, 4) is 11.1 Å². The molecule has 1 aliphatic heterocycles. The highest BCUT2D eigenvalue weighted by Gasteiger charge is 2.32. The summed E-state index contributed by atoms with van der Waals surface area (Å²) in [5.74, 6) is -0.0640. The number of fused-ring (bicyclic) bond motifs is 1. The summed E-state index contributed by atoms with van der Waals surface area (Å²) in [6.45, 7) is 1.84. The molecule has 1 aromatic carbocycles. The Balaban J connectivity index is 1.45. The van der Waals surface area contributed by atoms with E-state index < -0.39 is 0 Å². The van der Waals surface area contributed by atoms with Gasteiger partial charge in [0.25, 0.3) is 5.91 Å². The number of benzene rings is 1. The highest BCUT2D eigenvalue weighted by Crippen LogP contribution is 2.28. The molecule has 30 heavy (non-hydrogen) atoms. The van der Waals surface area contributed by atoms with Gasteiger partial charge >= 0.3 is 0 Å². The van der Waals surface area contributed by atoms with E-state index in [1.165, 1.54) is 18.4 Å². The largest absolute Gasteiger partial charge is 0.459 e. The van der Waals surface area contributed by atoms with Crippen LogP contribution >= 0.6 is 0 Å². The van der Waals surface area contributed by atoms with Gasteiger partial charge in [-0.05, 0) is 42.9 Å². The molecule has 5 rings (SSSR count). The van der Waals surface area contributed by atoms with Gasteiger partial charge in [-0.25, -0.2) is 8.91 Å². The number of pyridine rings is 1. The lowest BCUT2D eigenvalue weighted by Crippen LogP contribution is -2.49. The van der Waals surface area contributed by atoms with Crippen LogP contribution in [0.15, 0.2) is 65.4 Å². The van der Waals surface area contributed by atoms with E-state index in [2.05, 4.69) is 15.2 Å². The molecule has 0 bridgehead atoms. The fourth-order valence-corrected chi connectivity index (χ4v) is 3.90. The first-order chi connectivity index (χ1) is 14.6. The molecule has 0 spiro atoms. The summed E-state index contributed by atoms with van der Waals surface area (Å²) in [6, 6.07) is 13.6. The summed E-state index contributed by atoms with van der Waals surface area (Å²) in [5, 5.41) is 8.70. The van der Waals surface area contributed by atoms with Crippen molar-refractivity contribution in [2.75, 3.05) is 26.7 Å². The fourth-order valence-electron chi connectivity index (χ4n) is 3.90. The van der Waals surface area contributed by atoms with Crippen LogP contribution in [0.3, 0.4) is 0 Å². The zero-order valence-electron chi connectivity index (χ0n) is 16.4. The van der Waals surface area contributed by atoms with E-state index in [0.717, 1.165) is 28.9 Å². The second kappa shape index (κ2) is 7.38. The van der Waals surface area contributed by atoms with E-state index in [1.54, 1.807) is 27.6 Å². The molecule has 1 aliphatic rings. The second-order valence-corrected chi connectivity index (χ2v) is 7.46. The summed E-state index contributed by atoms with van der Waals surface area (Å²) < 4.78 is 20.6. The molecule has 1 unspecified atom stereocenters. The minimum Gasteiger partial charge on any atom is -0.459 e. The van der Waals surface area contributed by atoms with Crippen molar-refractivity contribution in [3.05, 3.63) is 78.3 Å². The van der Waals surface area contributed by atoms with Gasteiger partial charge in [-0.2, -0.15) is 0 Å². The SMILES string of the molecule is CN1CCN(C(=O)c2ccco2)CC1c1nnn2cc(-c3cccc(F)c3)ccc12. The first kappa shape index (κ1) is 18.5. The maximum Gasteiger partial charge on any atom is 0.289 e. The third-order valence-electron chi connectivity index (χ3n) is 5.58. The van der Waals surface area contributed by atoms with E-state index in [0.29, 0.717) is 18.8 Å². The normalized spacial score (nSPS) is 17.5. The minimum absolute atomic E-state index is 0.0878. The first-order valence-corrected chi connectivity index (χ1v) is 9.74.